The van der Waals surface area contributed by atoms with Crippen molar-refractivity contribution in [2.24, 2.45) is 0 Å². The second-order valence-corrected chi connectivity index (χ2v) is 5.94. The van der Waals surface area contributed by atoms with E-state index in [2.05, 4.69) is 17.6 Å². The van der Waals surface area contributed by atoms with Crippen molar-refractivity contribution in [3.8, 4) is 0 Å². The third-order valence-corrected chi connectivity index (χ3v) is 2.70. The lowest BCUT2D eigenvalue weighted by Gasteiger charge is -2.22. The first-order chi connectivity index (χ1) is 10.8. The van der Waals surface area contributed by atoms with Gasteiger partial charge in [0.15, 0.2) is 0 Å². The molecule has 0 spiro atoms. The molecule has 0 heterocycles. The molecule has 5 nitrogen and oxygen atoms in total. The Morgan fingerprint density at radius 2 is 1.96 bits per heavy atom. The number of nitrogens with one attached hydrogen (secondary N) is 1. The van der Waals surface area contributed by atoms with Crippen LogP contribution in [0.3, 0.4) is 0 Å². The molecule has 0 saturated heterocycles. The van der Waals surface area contributed by atoms with E-state index in [4.69, 9.17) is 9.47 Å². The van der Waals surface area contributed by atoms with Crippen molar-refractivity contribution in [1.82, 2.24) is 5.32 Å². The van der Waals surface area contributed by atoms with Crippen molar-refractivity contribution < 1.29 is 19.1 Å². The molecule has 1 aromatic carbocycles. The Morgan fingerprint density at radius 1 is 1.30 bits per heavy atom. The standard InChI is InChI=1S/C18H23NO4/c1-5-6-12-15(19-17(21)23-18(2,3)4)16(20)22-13-14-10-8-7-9-11-14/h6-11,15H,1,12-13H2,2-4H3,(H,19,21)/t15-/m0/s1. The van der Waals surface area contributed by atoms with E-state index in [1.807, 2.05) is 30.3 Å². The number of rotatable bonds is 6. The maximum atomic E-state index is 12.2. The molecule has 1 amide bonds. The van der Waals surface area contributed by atoms with Gasteiger partial charge < -0.3 is 14.8 Å². The summed E-state index contributed by atoms with van der Waals surface area (Å²) in [6.45, 7) is 8.84. The number of esters is 1. The molecule has 5 heteroatoms. The maximum absolute atomic E-state index is 12.2. The van der Waals surface area contributed by atoms with Gasteiger partial charge in [-0.05, 0) is 32.4 Å². The number of alkyl carbamates (subject to hydrolysis) is 1. The molecule has 1 N–H and O–H groups in total. The van der Waals surface area contributed by atoms with E-state index < -0.39 is 23.7 Å². The summed E-state index contributed by atoms with van der Waals surface area (Å²) in [5, 5.41) is 2.51. The topological polar surface area (TPSA) is 64.6 Å². The van der Waals surface area contributed by atoms with Crippen molar-refractivity contribution in [3.63, 3.8) is 0 Å². The highest BCUT2D eigenvalue weighted by Crippen LogP contribution is 2.08. The molecule has 0 radical (unpaired) electrons. The SMILES string of the molecule is C=C=CC[C@H](NC(=O)OC(C)(C)C)C(=O)OCc1ccccc1. The quantitative estimate of drug-likeness (QED) is 0.645. The highest BCUT2D eigenvalue weighted by Gasteiger charge is 2.24. The van der Waals surface area contributed by atoms with E-state index in [1.165, 1.54) is 0 Å². The van der Waals surface area contributed by atoms with Crippen LogP contribution in [0, 0.1) is 0 Å². The van der Waals surface area contributed by atoms with Gasteiger partial charge >= 0.3 is 12.1 Å². The lowest BCUT2D eigenvalue weighted by atomic mass is 10.2. The molecule has 0 aromatic heterocycles. The third-order valence-electron chi connectivity index (χ3n) is 2.70. The van der Waals surface area contributed by atoms with Crippen LogP contribution in [0.5, 0.6) is 0 Å². The first-order valence-corrected chi connectivity index (χ1v) is 7.36. The highest BCUT2D eigenvalue weighted by atomic mass is 16.6. The zero-order valence-corrected chi connectivity index (χ0v) is 13.8. The lowest BCUT2D eigenvalue weighted by molar-refractivity contribution is -0.147. The highest BCUT2D eigenvalue weighted by molar-refractivity contribution is 5.81. The van der Waals surface area contributed by atoms with Crippen molar-refractivity contribution in [2.75, 3.05) is 0 Å². The number of carbonyl (C=O) groups is 2. The van der Waals surface area contributed by atoms with Crippen LogP contribution >= 0.6 is 0 Å². The molecular formula is C18H23NO4. The predicted molar refractivity (Wildman–Crippen MR) is 87.7 cm³/mol. The fourth-order valence-corrected chi connectivity index (χ4v) is 1.69. The van der Waals surface area contributed by atoms with Gasteiger partial charge in [-0.1, -0.05) is 36.9 Å². The molecule has 0 fully saturated rings. The molecule has 0 aliphatic carbocycles. The van der Waals surface area contributed by atoms with E-state index in [0.29, 0.717) is 0 Å². The van der Waals surface area contributed by atoms with Crippen LogP contribution in [-0.4, -0.2) is 23.7 Å². The van der Waals surface area contributed by atoms with Crippen molar-refractivity contribution in [3.05, 3.63) is 54.3 Å². The molecular weight excluding hydrogens is 294 g/mol. The molecule has 0 unspecified atom stereocenters. The Balaban J connectivity index is 2.63. The van der Waals surface area contributed by atoms with Crippen LogP contribution < -0.4 is 5.32 Å². The van der Waals surface area contributed by atoms with E-state index in [9.17, 15) is 9.59 Å². The summed E-state index contributed by atoms with van der Waals surface area (Å²) in [7, 11) is 0. The van der Waals surface area contributed by atoms with Gasteiger partial charge in [0.25, 0.3) is 0 Å². The minimum atomic E-state index is -0.845. The Kier molecular flexibility index (Phi) is 7.10. The number of amides is 1. The zero-order chi connectivity index (χ0) is 17.3. The summed E-state index contributed by atoms with van der Waals surface area (Å²) >= 11 is 0. The molecule has 1 rings (SSSR count). The van der Waals surface area contributed by atoms with Crippen LogP contribution in [0.15, 0.2) is 48.7 Å². The number of hydrogen-bond acceptors (Lipinski definition) is 4. The van der Waals surface area contributed by atoms with Crippen LogP contribution in [-0.2, 0) is 20.9 Å². The van der Waals surface area contributed by atoms with Gasteiger partial charge in [0.1, 0.15) is 18.2 Å². The molecule has 1 atom stereocenters. The molecule has 0 aliphatic rings. The minimum absolute atomic E-state index is 0.143. The second kappa shape index (κ2) is 8.81. The Labute approximate surface area is 137 Å². The summed E-state index contributed by atoms with van der Waals surface area (Å²) in [4.78, 5) is 24.0. The van der Waals surface area contributed by atoms with E-state index in [1.54, 1.807) is 26.8 Å². The first kappa shape index (κ1) is 18.5. The fraction of sp³-hybridized carbons (Fsp3) is 0.389. The molecule has 0 saturated carbocycles. The summed E-state index contributed by atoms with van der Waals surface area (Å²) in [5.41, 5.74) is 2.80. The first-order valence-electron chi connectivity index (χ1n) is 7.36. The molecule has 1 aromatic rings. The molecule has 0 bridgehead atoms. The minimum Gasteiger partial charge on any atom is -0.459 e. The number of ether oxygens (including phenoxy) is 2. The van der Waals surface area contributed by atoms with Gasteiger partial charge in [0, 0.05) is 6.42 Å². The number of hydrogen-bond donors (Lipinski definition) is 1. The zero-order valence-electron chi connectivity index (χ0n) is 13.8. The van der Waals surface area contributed by atoms with Crippen LogP contribution in [0.25, 0.3) is 0 Å². The second-order valence-electron chi connectivity index (χ2n) is 5.94. The monoisotopic (exact) mass is 317 g/mol. The summed E-state index contributed by atoms with van der Waals surface area (Å²) in [6, 6.07) is 8.47. The largest absolute Gasteiger partial charge is 0.459 e. The third kappa shape index (κ3) is 7.88. The van der Waals surface area contributed by atoms with Crippen LogP contribution in [0.2, 0.25) is 0 Å². The van der Waals surface area contributed by atoms with Gasteiger partial charge in [-0.15, -0.1) is 5.73 Å². The Bertz CT molecular complexity index is 568. The molecule has 23 heavy (non-hydrogen) atoms. The normalized spacial score (nSPS) is 11.8. The smallest absolute Gasteiger partial charge is 0.408 e. The summed E-state index contributed by atoms with van der Waals surface area (Å²) in [5.74, 6) is -0.536. The van der Waals surface area contributed by atoms with E-state index in [0.717, 1.165) is 5.56 Å². The fourth-order valence-electron chi connectivity index (χ4n) is 1.69. The van der Waals surface area contributed by atoms with Crippen LogP contribution in [0.4, 0.5) is 4.79 Å². The summed E-state index contributed by atoms with van der Waals surface area (Å²) in [6.07, 6.45) is 1.12. The van der Waals surface area contributed by atoms with Crippen molar-refractivity contribution in [2.45, 2.75) is 45.4 Å². The molecule has 124 valence electrons. The average Bonchev–Trinajstić information content (AvgIpc) is 2.48. The van der Waals surface area contributed by atoms with E-state index in [-0.39, 0.29) is 13.0 Å². The van der Waals surface area contributed by atoms with E-state index >= 15 is 0 Å². The number of carbonyl (C=O) groups excluding carboxylic acids is 2. The van der Waals surface area contributed by atoms with Gasteiger partial charge in [0.05, 0.1) is 0 Å². The molecule has 0 aliphatic heterocycles. The summed E-state index contributed by atoms with van der Waals surface area (Å²) < 4.78 is 10.4. The lowest BCUT2D eigenvalue weighted by Crippen LogP contribution is -2.44. The van der Waals surface area contributed by atoms with Gasteiger partial charge in [-0.3, -0.25) is 0 Å². The Morgan fingerprint density at radius 3 is 2.52 bits per heavy atom. The average molecular weight is 317 g/mol. The Hall–Kier alpha value is -2.52. The maximum Gasteiger partial charge on any atom is 0.408 e. The van der Waals surface area contributed by atoms with Gasteiger partial charge in [-0.2, -0.15) is 0 Å². The van der Waals surface area contributed by atoms with Crippen molar-refractivity contribution in [1.29, 1.82) is 0 Å². The van der Waals surface area contributed by atoms with Crippen LogP contribution in [0.1, 0.15) is 32.8 Å². The van der Waals surface area contributed by atoms with Crippen molar-refractivity contribution >= 4 is 12.1 Å². The predicted octanol–water partition coefficient (Wildman–Crippen LogP) is 3.35. The number of benzene rings is 1. The van der Waals surface area contributed by atoms with Gasteiger partial charge in [-0.25, -0.2) is 9.59 Å². The van der Waals surface area contributed by atoms with Gasteiger partial charge in [0.2, 0.25) is 0 Å².